The summed E-state index contributed by atoms with van der Waals surface area (Å²) in [5.41, 5.74) is 6.44. The van der Waals surface area contributed by atoms with Gasteiger partial charge in [0.2, 0.25) is 5.95 Å². The maximum atomic E-state index is 5.67. The number of aromatic nitrogens is 2. The van der Waals surface area contributed by atoms with Gasteiger partial charge >= 0.3 is 0 Å². The maximum Gasteiger partial charge on any atom is 0.224 e. The van der Waals surface area contributed by atoms with E-state index in [2.05, 4.69) is 28.8 Å². The molecule has 0 aliphatic rings. The number of nitrogens with zero attached hydrogens (tertiary/aromatic N) is 2. The lowest BCUT2D eigenvalue weighted by atomic mass is 10.3. The highest BCUT2D eigenvalue weighted by Gasteiger charge is 1.99. The quantitative estimate of drug-likeness (QED) is 0.699. The summed E-state index contributed by atoms with van der Waals surface area (Å²) >= 11 is 0. The van der Waals surface area contributed by atoms with Crippen LogP contribution < -0.4 is 11.1 Å². The monoisotopic (exact) mass is 192 g/mol. The number of hydrogen-bond acceptors (Lipinski definition) is 4. The van der Waals surface area contributed by atoms with E-state index in [-0.39, 0.29) is 0 Å². The first-order valence-corrected chi connectivity index (χ1v) is 4.76. The van der Waals surface area contributed by atoms with Crippen molar-refractivity contribution in [1.29, 1.82) is 0 Å². The van der Waals surface area contributed by atoms with Gasteiger partial charge in [0, 0.05) is 18.3 Å². The minimum atomic E-state index is 0.467. The van der Waals surface area contributed by atoms with Gasteiger partial charge in [-0.25, -0.2) is 4.98 Å². The molecular formula is C10H16N4. The molecule has 0 bridgehead atoms. The lowest BCUT2D eigenvalue weighted by Gasteiger charge is -2.05. The summed E-state index contributed by atoms with van der Waals surface area (Å²) < 4.78 is 0. The van der Waals surface area contributed by atoms with Crippen LogP contribution in [0.5, 0.6) is 0 Å². The Kier molecular flexibility index (Phi) is 3.91. The van der Waals surface area contributed by atoms with E-state index in [4.69, 9.17) is 5.73 Å². The fourth-order valence-corrected chi connectivity index (χ4v) is 1.02. The van der Waals surface area contributed by atoms with Crippen LogP contribution in [0.1, 0.15) is 25.3 Å². The number of hydrogen-bond donors (Lipinski definition) is 2. The van der Waals surface area contributed by atoms with Gasteiger partial charge in [-0.3, -0.25) is 0 Å². The highest BCUT2D eigenvalue weighted by atomic mass is 15.1. The molecule has 0 radical (unpaired) electrons. The van der Waals surface area contributed by atoms with E-state index in [1.165, 1.54) is 0 Å². The first kappa shape index (κ1) is 10.5. The Balaban J connectivity index is 2.62. The molecule has 0 fully saturated rings. The Hall–Kier alpha value is -1.58. The highest BCUT2D eigenvalue weighted by molar-refractivity contribution is 5.59. The SMILES string of the molecule is C=Cc1cnc(NCCCC)nc1N. The Morgan fingerprint density at radius 2 is 2.43 bits per heavy atom. The first-order valence-electron chi connectivity index (χ1n) is 4.76. The zero-order valence-electron chi connectivity index (χ0n) is 8.45. The molecule has 76 valence electrons. The lowest BCUT2D eigenvalue weighted by Crippen LogP contribution is -2.07. The fourth-order valence-electron chi connectivity index (χ4n) is 1.02. The second-order valence-corrected chi connectivity index (χ2v) is 3.02. The molecular weight excluding hydrogens is 176 g/mol. The van der Waals surface area contributed by atoms with Crippen LogP contribution in [0.4, 0.5) is 11.8 Å². The smallest absolute Gasteiger partial charge is 0.224 e. The normalized spacial score (nSPS) is 9.79. The Morgan fingerprint density at radius 1 is 1.64 bits per heavy atom. The number of nitrogen functional groups attached to an aromatic ring is 1. The lowest BCUT2D eigenvalue weighted by molar-refractivity contribution is 0.826. The van der Waals surface area contributed by atoms with E-state index < -0.39 is 0 Å². The summed E-state index contributed by atoms with van der Waals surface area (Å²) in [6, 6.07) is 0. The van der Waals surface area contributed by atoms with Crippen LogP contribution in [0, 0.1) is 0 Å². The molecule has 0 aliphatic heterocycles. The van der Waals surface area contributed by atoms with Crippen LogP contribution in [-0.4, -0.2) is 16.5 Å². The van der Waals surface area contributed by atoms with Crippen molar-refractivity contribution in [2.45, 2.75) is 19.8 Å². The van der Waals surface area contributed by atoms with Crippen molar-refractivity contribution in [3.8, 4) is 0 Å². The Labute approximate surface area is 84.3 Å². The van der Waals surface area contributed by atoms with Gasteiger partial charge in [0.15, 0.2) is 0 Å². The third kappa shape index (κ3) is 2.73. The minimum Gasteiger partial charge on any atom is -0.383 e. The number of nitrogens with two attached hydrogens (primary N) is 1. The molecule has 0 spiro atoms. The maximum absolute atomic E-state index is 5.67. The summed E-state index contributed by atoms with van der Waals surface area (Å²) in [5.74, 6) is 1.05. The van der Waals surface area contributed by atoms with Gasteiger partial charge in [-0.1, -0.05) is 26.0 Å². The van der Waals surface area contributed by atoms with Crippen LogP contribution in [0.3, 0.4) is 0 Å². The van der Waals surface area contributed by atoms with Gasteiger partial charge < -0.3 is 11.1 Å². The molecule has 4 nitrogen and oxygen atoms in total. The molecule has 0 unspecified atom stereocenters. The molecule has 14 heavy (non-hydrogen) atoms. The molecule has 1 aromatic rings. The summed E-state index contributed by atoms with van der Waals surface area (Å²) in [7, 11) is 0. The average molecular weight is 192 g/mol. The van der Waals surface area contributed by atoms with Crippen molar-refractivity contribution >= 4 is 17.8 Å². The number of nitrogens with one attached hydrogen (secondary N) is 1. The van der Waals surface area contributed by atoms with E-state index in [0.29, 0.717) is 11.8 Å². The zero-order chi connectivity index (χ0) is 10.4. The molecule has 0 aromatic carbocycles. The predicted molar refractivity (Wildman–Crippen MR) is 59.9 cm³/mol. The van der Waals surface area contributed by atoms with Crippen LogP contribution >= 0.6 is 0 Å². The highest BCUT2D eigenvalue weighted by Crippen LogP contribution is 2.10. The number of anilines is 2. The fraction of sp³-hybridized carbons (Fsp3) is 0.400. The summed E-state index contributed by atoms with van der Waals surface area (Å²) in [6.07, 6.45) is 5.56. The zero-order valence-corrected chi connectivity index (χ0v) is 8.45. The second-order valence-electron chi connectivity index (χ2n) is 3.02. The second kappa shape index (κ2) is 5.21. The third-order valence-corrected chi connectivity index (χ3v) is 1.88. The first-order chi connectivity index (χ1) is 6.77. The van der Waals surface area contributed by atoms with Crippen LogP contribution in [0.15, 0.2) is 12.8 Å². The average Bonchev–Trinajstić information content (AvgIpc) is 2.18. The molecule has 3 N–H and O–H groups in total. The van der Waals surface area contributed by atoms with Crippen molar-refractivity contribution in [2.75, 3.05) is 17.6 Å². The van der Waals surface area contributed by atoms with Gasteiger partial charge in [-0.15, -0.1) is 0 Å². The van der Waals surface area contributed by atoms with Crippen LogP contribution in [0.25, 0.3) is 6.08 Å². The van der Waals surface area contributed by atoms with Crippen LogP contribution in [-0.2, 0) is 0 Å². The van der Waals surface area contributed by atoms with Gasteiger partial charge in [0.05, 0.1) is 0 Å². The molecule has 0 aliphatic carbocycles. The number of unbranched alkanes of at least 4 members (excludes halogenated alkanes) is 1. The molecule has 0 saturated heterocycles. The molecule has 0 amide bonds. The van der Waals surface area contributed by atoms with E-state index in [0.717, 1.165) is 24.9 Å². The van der Waals surface area contributed by atoms with Gasteiger partial charge in [0.25, 0.3) is 0 Å². The van der Waals surface area contributed by atoms with Crippen molar-refractivity contribution in [2.24, 2.45) is 0 Å². The molecule has 0 saturated carbocycles. The van der Waals surface area contributed by atoms with Gasteiger partial charge in [0.1, 0.15) is 5.82 Å². The summed E-state index contributed by atoms with van der Waals surface area (Å²) in [4.78, 5) is 8.21. The van der Waals surface area contributed by atoms with Crippen molar-refractivity contribution < 1.29 is 0 Å². The summed E-state index contributed by atoms with van der Waals surface area (Å²) in [6.45, 7) is 6.63. The largest absolute Gasteiger partial charge is 0.383 e. The number of rotatable bonds is 5. The topological polar surface area (TPSA) is 63.8 Å². The van der Waals surface area contributed by atoms with Crippen molar-refractivity contribution in [3.63, 3.8) is 0 Å². The van der Waals surface area contributed by atoms with E-state index in [9.17, 15) is 0 Å². The molecule has 4 heteroatoms. The van der Waals surface area contributed by atoms with Crippen molar-refractivity contribution in [1.82, 2.24) is 9.97 Å². The van der Waals surface area contributed by atoms with Gasteiger partial charge in [-0.05, 0) is 6.42 Å². The van der Waals surface area contributed by atoms with Crippen molar-refractivity contribution in [3.05, 3.63) is 18.3 Å². The molecule has 1 heterocycles. The van der Waals surface area contributed by atoms with Gasteiger partial charge in [-0.2, -0.15) is 4.98 Å². The Bertz CT molecular complexity index is 309. The standard InChI is InChI=1S/C10H16N4/c1-3-5-6-12-10-13-7-8(4-2)9(11)14-10/h4,7H,2-3,5-6H2,1H3,(H3,11,12,13,14). The van der Waals surface area contributed by atoms with Crippen LogP contribution in [0.2, 0.25) is 0 Å². The molecule has 1 aromatic heterocycles. The third-order valence-electron chi connectivity index (χ3n) is 1.88. The predicted octanol–water partition coefficient (Wildman–Crippen LogP) is 1.91. The van der Waals surface area contributed by atoms with E-state index in [1.807, 2.05) is 0 Å². The molecule has 1 rings (SSSR count). The Morgan fingerprint density at radius 3 is 3.00 bits per heavy atom. The summed E-state index contributed by atoms with van der Waals surface area (Å²) in [5, 5.41) is 3.10. The van der Waals surface area contributed by atoms with E-state index >= 15 is 0 Å². The minimum absolute atomic E-state index is 0.467. The van der Waals surface area contributed by atoms with E-state index in [1.54, 1.807) is 12.3 Å². The molecule has 0 atom stereocenters.